The van der Waals surface area contributed by atoms with Gasteiger partial charge in [-0.3, -0.25) is 0 Å². The van der Waals surface area contributed by atoms with E-state index in [2.05, 4.69) is 0 Å². The zero-order valence-electron chi connectivity index (χ0n) is 6.94. The number of carbonyl (C=O) groups is 1. The van der Waals surface area contributed by atoms with E-state index < -0.39 is 12.3 Å². The van der Waals surface area contributed by atoms with Gasteiger partial charge in [-0.2, -0.15) is 0 Å². The summed E-state index contributed by atoms with van der Waals surface area (Å²) in [5.74, 6) is -0.446. The number of ether oxygens (including phenoxy) is 2. The summed E-state index contributed by atoms with van der Waals surface area (Å²) < 4.78 is 14.3. The molecule has 0 aliphatic heterocycles. The maximum atomic E-state index is 11.1. The number of carbonyl (C=O) groups excluding carboxylic acids is 1. The number of furan rings is 1. The lowest BCUT2D eigenvalue weighted by molar-refractivity contribution is -0.0773. The molecule has 0 amide bonds. The van der Waals surface area contributed by atoms with E-state index in [1.54, 1.807) is 6.92 Å². The van der Waals surface area contributed by atoms with Crippen LogP contribution in [0.1, 0.15) is 17.3 Å². The van der Waals surface area contributed by atoms with Gasteiger partial charge in [0, 0.05) is 7.11 Å². The van der Waals surface area contributed by atoms with Gasteiger partial charge in [0.05, 0.1) is 11.8 Å². The Kier molecular flexibility index (Phi) is 2.88. The van der Waals surface area contributed by atoms with Crippen molar-refractivity contribution in [2.24, 2.45) is 0 Å². The minimum atomic E-state index is -0.535. The molecule has 0 fully saturated rings. The molecule has 1 aromatic heterocycles. The fourth-order valence-corrected chi connectivity index (χ4v) is 0.648. The molecule has 0 saturated heterocycles. The maximum Gasteiger partial charge on any atom is 0.343 e. The standard InChI is InChI=1S/C8H10O4/c1-6(10-2)12-8(9)7-3-4-11-5-7/h3-6H,1-2H3. The molecule has 1 heterocycles. The van der Waals surface area contributed by atoms with Gasteiger partial charge in [0.25, 0.3) is 0 Å². The molecule has 1 unspecified atom stereocenters. The fraction of sp³-hybridized carbons (Fsp3) is 0.375. The third-order valence-electron chi connectivity index (χ3n) is 1.36. The highest BCUT2D eigenvalue weighted by atomic mass is 16.7. The molecular weight excluding hydrogens is 160 g/mol. The normalized spacial score (nSPS) is 12.5. The molecule has 0 radical (unpaired) electrons. The van der Waals surface area contributed by atoms with Crippen LogP contribution < -0.4 is 0 Å². The molecule has 0 spiro atoms. The van der Waals surface area contributed by atoms with Crippen LogP contribution in [0.2, 0.25) is 0 Å². The molecule has 4 nitrogen and oxygen atoms in total. The van der Waals surface area contributed by atoms with Crippen LogP contribution in [0, 0.1) is 0 Å². The van der Waals surface area contributed by atoms with E-state index in [9.17, 15) is 4.79 Å². The summed E-state index contributed by atoms with van der Waals surface area (Å²) in [6.45, 7) is 1.64. The van der Waals surface area contributed by atoms with Crippen LogP contribution in [0.15, 0.2) is 23.0 Å². The van der Waals surface area contributed by atoms with Crippen molar-refractivity contribution in [1.82, 2.24) is 0 Å². The highest BCUT2D eigenvalue weighted by Crippen LogP contribution is 2.04. The second-order valence-electron chi connectivity index (χ2n) is 2.22. The Morgan fingerprint density at radius 3 is 2.92 bits per heavy atom. The van der Waals surface area contributed by atoms with Gasteiger partial charge < -0.3 is 13.9 Å². The Bertz CT molecular complexity index is 240. The predicted molar refractivity (Wildman–Crippen MR) is 40.6 cm³/mol. The van der Waals surface area contributed by atoms with E-state index >= 15 is 0 Å². The van der Waals surface area contributed by atoms with Gasteiger partial charge in [0.2, 0.25) is 0 Å². The number of rotatable bonds is 3. The average molecular weight is 170 g/mol. The molecule has 0 aliphatic rings. The van der Waals surface area contributed by atoms with E-state index in [1.807, 2.05) is 0 Å². The van der Waals surface area contributed by atoms with Crippen molar-refractivity contribution in [1.29, 1.82) is 0 Å². The summed E-state index contributed by atoms with van der Waals surface area (Å²) in [7, 11) is 1.47. The summed E-state index contributed by atoms with van der Waals surface area (Å²) >= 11 is 0. The minimum absolute atomic E-state index is 0.388. The predicted octanol–water partition coefficient (Wildman–Crippen LogP) is 1.43. The lowest BCUT2D eigenvalue weighted by Crippen LogP contribution is -2.15. The number of esters is 1. The molecule has 0 aromatic carbocycles. The van der Waals surface area contributed by atoms with Crippen LogP contribution in [-0.2, 0) is 9.47 Å². The van der Waals surface area contributed by atoms with Gasteiger partial charge in [-0.15, -0.1) is 0 Å². The first-order valence-corrected chi connectivity index (χ1v) is 3.50. The Morgan fingerprint density at radius 2 is 2.42 bits per heavy atom. The number of hydrogen-bond donors (Lipinski definition) is 0. The smallest absolute Gasteiger partial charge is 0.343 e. The van der Waals surface area contributed by atoms with Crippen molar-refractivity contribution in [3.8, 4) is 0 Å². The molecule has 1 atom stereocenters. The zero-order valence-corrected chi connectivity index (χ0v) is 6.94. The Labute approximate surface area is 70.1 Å². The molecule has 0 N–H and O–H groups in total. The van der Waals surface area contributed by atoms with Gasteiger partial charge >= 0.3 is 5.97 Å². The molecular formula is C8H10O4. The Balaban J connectivity index is 2.50. The number of methoxy groups -OCH3 is 1. The van der Waals surface area contributed by atoms with E-state index in [-0.39, 0.29) is 0 Å². The van der Waals surface area contributed by atoms with Crippen LogP contribution >= 0.6 is 0 Å². The van der Waals surface area contributed by atoms with Crippen molar-refractivity contribution >= 4 is 5.97 Å². The molecule has 0 saturated carbocycles. The van der Waals surface area contributed by atoms with Crippen molar-refractivity contribution in [2.75, 3.05) is 7.11 Å². The van der Waals surface area contributed by atoms with Crippen LogP contribution in [0.5, 0.6) is 0 Å². The first-order valence-electron chi connectivity index (χ1n) is 3.50. The topological polar surface area (TPSA) is 48.7 Å². The third kappa shape index (κ3) is 2.10. The monoisotopic (exact) mass is 170 g/mol. The van der Waals surface area contributed by atoms with Gasteiger partial charge in [-0.05, 0) is 13.0 Å². The maximum absolute atomic E-state index is 11.1. The van der Waals surface area contributed by atoms with E-state index in [1.165, 1.54) is 25.7 Å². The fourth-order valence-electron chi connectivity index (χ4n) is 0.648. The van der Waals surface area contributed by atoms with Crippen molar-refractivity contribution in [3.63, 3.8) is 0 Å². The lowest BCUT2D eigenvalue weighted by atomic mass is 10.3. The molecule has 0 bridgehead atoms. The molecule has 0 aliphatic carbocycles. The highest BCUT2D eigenvalue weighted by Gasteiger charge is 2.11. The Hall–Kier alpha value is -1.29. The summed E-state index contributed by atoms with van der Waals surface area (Å²) in [6.07, 6.45) is 2.20. The zero-order chi connectivity index (χ0) is 8.97. The SMILES string of the molecule is COC(C)OC(=O)c1ccoc1. The summed E-state index contributed by atoms with van der Waals surface area (Å²) in [5.41, 5.74) is 0.388. The van der Waals surface area contributed by atoms with Crippen molar-refractivity contribution in [3.05, 3.63) is 24.2 Å². The van der Waals surface area contributed by atoms with E-state index in [4.69, 9.17) is 13.9 Å². The van der Waals surface area contributed by atoms with Gasteiger partial charge in [-0.25, -0.2) is 4.79 Å². The quantitative estimate of drug-likeness (QED) is 0.508. The molecule has 1 rings (SSSR count). The van der Waals surface area contributed by atoms with Crippen LogP contribution in [-0.4, -0.2) is 19.4 Å². The first kappa shape index (κ1) is 8.80. The minimum Gasteiger partial charge on any atom is -0.472 e. The highest BCUT2D eigenvalue weighted by molar-refractivity contribution is 5.88. The third-order valence-corrected chi connectivity index (χ3v) is 1.36. The van der Waals surface area contributed by atoms with Gasteiger partial charge in [0.1, 0.15) is 6.26 Å². The van der Waals surface area contributed by atoms with Crippen molar-refractivity contribution in [2.45, 2.75) is 13.2 Å². The first-order chi connectivity index (χ1) is 5.74. The summed E-state index contributed by atoms with van der Waals surface area (Å²) in [5, 5.41) is 0. The average Bonchev–Trinajstić information content (AvgIpc) is 2.56. The summed E-state index contributed by atoms with van der Waals surface area (Å²) in [4.78, 5) is 11.1. The summed E-state index contributed by atoms with van der Waals surface area (Å²) in [6, 6.07) is 1.53. The molecule has 1 aromatic rings. The Morgan fingerprint density at radius 1 is 1.67 bits per heavy atom. The van der Waals surface area contributed by atoms with Gasteiger partial charge in [0.15, 0.2) is 6.29 Å². The second-order valence-corrected chi connectivity index (χ2v) is 2.22. The van der Waals surface area contributed by atoms with E-state index in [0.29, 0.717) is 5.56 Å². The molecule has 12 heavy (non-hydrogen) atoms. The van der Waals surface area contributed by atoms with Crippen LogP contribution in [0.3, 0.4) is 0 Å². The lowest BCUT2D eigenvalue weighted by Gasteiger charge is -2.09. The number of hydrogen-bond acceptors (Lipinski definition) is 4. The van der Waals surface area contributed by atoms with Crippen LogP contribution in [0.25, 0.3) is 0 Å². The van der Waals surface area contributed by atoms with Gasteiger partial charge in [-0.1, -0.05) is 0 Å². The second kappa shape index (κ2) is 3.92. The molecule has 4 heteroatoms. The van der Waals surface area contributed by atoms with Crippen molar-refractivity contribution < 1.29 is 18.7 Å². The van der Waals surface area contributed by atoms with Crippen LogP contribution in [0.4, 0.5) is 0 Å². The van der Waals surface area contributed by atoms with E-state index in [0.717, 1.165) is 0 Å². The largest absolute Gasteiger partial charge is 0.472 e. The molecule has 66 valence electrons.